The van der Waals surface area contributed by atoms with E-state index < -0.39 is 0 Å². The van der Waals surface area contributed by atoms with E-state index in [1.54, 1.807) is 6.20 Å². The quantitative estimate of drug-likeness (QED) is 0.814. The largest absolute Gasteiger partial charge is 0.398 e. The van der Waals surface area contributed by atoms with E-state index in [4.69, 9.17) is 5.73 Å². The van der Waals surface area contributed by atoms with E-state index >= 15 is 0 Å². The minimum atomic E-state index is -0.136. The van der Waals surface area contributed by atoms with Crippen molar-refractivity contribution >= 4 is 29.7 Å². The number of nitrogen functional groups attached to an aromatic ring is 1. The molecular formula is C17H23ClN4O. The number of halogens is 1. The van der Waals surface area contributed by atoms with Crippen molar-refractivity contribution in [2.24, 2.45) is 0 Å². The Balaban J connectivity index is 0.00000192. The summed E-state index contributed by atoms with van der Waals surface area (Å²) in [5.41, 5.74) is 9.30. The van der Waals surface area contributed by atoms with E-state index in [1.165, 1.54) is 0 Å². The number of hydrogen-bond acceptors (Lipinski definition) is 3. The number of anilines is 2. The Hall–Kier alpha value is -2.01. The monoisotopic (exact) mass is 334 g/mol. The number of aromatic nitrogens is 2. The van der Waals surface area contributed by atoms with E-state index in [0.29, 0.717) is 5.56 Å². The second-order valence-corrected chi connectivity index (χ2v) is 6.75. The van der Waals surface area contributed by atoms with Crippen molar-refractivity contribution < 1.29 is 4.79 Å². The molecule has 1 aromatic carbocycles. The van der Waals surface area contributed by atoms with Gasteiger partial charge in [0, 0.05) is 24.1 Å². The number of carbonyl (C=O) groups is 1. The standard InChI is InChI=1S/C17H22N4O.ClH/c1-17(2,3)21-11-12(10-19-21)16(22)20-9-5-6-13-14(18)7-4-8-15(13)20;/h4,7-8,10-11H,5-6,9,18H2,1-3H3;1H. The lowest BCUT2D eigenvalue weighted by molar-refractivity contribution is 0.0985. The van der Waals surface area contributed by atoms with Crippen molar-refractivity contribution in [2.75, 3.05) is 17.2 Å². The molecule has 23 heavy (non-hydrogen) atoms. The lowest BCUT2D eigenvalue weighted by atomic mass is 9.99. The van der Waals surface area contributed by atoms with Crippen molar-refractivity contribution in [3.63, 3.8) is 0 Å². The van der Waals surface area contributed by atoms with Crippen LogP contribution in [0.3, 0.4) is 0 Å². The molecule has 1 aliphatic rings. The summed E-state index contributed by atoms with van der Waals surface area (Å²) in [7, 11) is 0. The molecular weight excluding hydrogens is 312 g/mol. The smallest absolute Gasteiger partial charge is 0.261 e. The van der Waals surface area contributed by atoms with E-state index in [1.807, 2.05) is 34.0 Å². The third kappa shape index (κ3) is 3.20. The number of nitrogens with zero attached hydrogens (tertiary/aromatic N) is 3. The average molecular weight is 335 g/mol. The van der Waals surface area contributed by atoms with Gasteiger partial charge in [0.1, 0.15) is 0 Å². The highest BCUT2D eigenvalue weighted by atomic mass is 35.5. The zero-order valence-electron chi connectivity index (χ0n) is 13.7. The maximum Gasteiger partial charge on any atom is 0.261 e. The molecule has 0 aliphatic carbocycles. The molecule has 6 heteroatoms. The predicted molar refractivity (Wildman–Crippen MR) is 95.3 cm³/mol. The van der Waals surface area contributed by atoms with Crippen LogP contribution in [0.15, 0.2) is 30.6 Å². The summed E-state index contributed by atoms with van der Waals surface area (Å²) in [5.74, 6) is -0.0120. The second-order valence-electron chi connectivity index (χ2n) is 6.75. The molecule has 0 radical (unpaired) electrons. The van der Waals surface area contributed by atoms with E-state index in [0.717, 1.165) is 36.3 Å². The molecule has 0 saturated heterocycles. The lowest BCUT2D eigenvalue weighted by Crippen LogP contribution is -2.35. The summed E-state index contributed by atoms with van der Waals surface area (Å²) in [6.45, 7) is 6.90. The number of carbonyl (C=O) groups excluding carboxylic acids is 1. The molecule has 124 valence electrons. The van der Waals surface area contributed by atoms with Crippen LogP contribution in [0.4, 0.5) is 11.4 Å². The van der Waals surface area contributed by atoms with E-state index in [9.17, 15) is 4.79 Å². The molecule has 1 aromatic heterocycles. The van der Waals surface area contributed by atoms with Gasteiger partial charge in [-0.15, -0.1) is 12.4 Å². The van der Waals surface area contributed by atoms with Gasteiger partial charge in [0.15, 0.2) is 0 Å². The Kier molecular flexibility index (Phi) is 4.71. The lowest BCUT2D eigenvalue weighted by Gasteiger charge is -2.30. The van der Waals surface area contributed by atoms with E-state index in [2.05, 4.69) is 25.9 Å². The van der Waals surface area contributed by atoms with Gasteiger partial charge in [0.05, 0.1) is 17.3 Å². The molecule has 1 aliphatic heterocycles. The van der Waals surface area contributed by atoms with Gasteiger partial charge in [0.25, 0.3) is 5.91 Å². The number of amides is 1. The Morgan fingerprint density at radius 2 is 2.04 bits per heavy atom. The maximum atomic E-state index is 12.8. The fourth-order valence-corrected chi connectivity index (χ4v) is 2.82. The first-order valence-corrected chi connectivity index (χ1v) is 7.62. The van der Waals surface area contributed by atoms with Crippen molar-refractivity contribution in [3.8, 4) is 0 Å². The van der Waals surface area contributed by atoms with Crippen LogP contribution in [-0.4, -0.2) is 22.2 Å². The Bertz CT molecular complexity index is 718. The number of fused-ring (bicyclic) bond motifs is 1. The molecule has 0 fully saturated rings. The van der Waals surface area contributed by atoms with Crippen LogP contribution in [0.1, 0.15) is 43.1 Å². The SMILES string of the molecule is CC(C)(C)n1cc(C(=O)N2CCCc3c(N)cccc32)cn1.Cl. The number of benzene rings is 1. The fraction of sp³-hybridized carbons (Fsp3) is 0.412. The van der Waals surface area contributed by atoms with E-state index in [-0.39, 0.29) is 23.9 Å². The van der Waals surface area contributed by atoms with Gasteiger partial charge in [-0.25, -0.2) is 0 Å². The van der Waals surface area contributed by atoms with Crippen molar-refractivity contribution in [1.29, 1.82) is 0 Å². The molecule has 0 atom stereocenters. The molecule has 2 aromatic rings. The van der Waals surface area contributed by atoms with Crippen molar-refractivity contribution in [2.45, 2.75) is 39.2 Å². The summed E-state index contributed by atoms with van der Waals surface area (Å²) >= 11 is 0. The molecule has 2 heterocycles. The molecule has 0 saturated carbocycles. The van der Waals surface area contributed by atoms with Crippen LogP contribution < -0.4 is 10.6 Å². The zero-order chi connectivity index (χ0) is 15.9. The van der Waals surface area contributed by atoms with Gasteiger partial charge < -0.3 is 10.6 Å². The van der Waals surface area contributed by atoms with Crippen molar-refractivity contribution in [1.82, 2.24) is 9.78 Å². The second kappa shape index (κ2) is 6.24. The first-order chi connectivity index (χ1) is 10.4. The molecule has 2 N–H and O–H groups in total. The predicted octanol–water partition coefficient (Wildman–Crippen LogP) is 3.24. The first-order valence-electron chi connectivity index (χ1n) is 7.62. The number of rotatable bonds is 1. The zero-order valence-corrected chi connectivity index (χ0v) is 14.6. The van der Waals surface area contributed by atoms with Crippen molar-refractivity contribution in [3.05, 3.63) is 41.7 Å². The number of hydrogen-bond donors (Lipinski definition) is 1. The summed E-state index contributed by atoms with van der Waals surface area (Å²) < 4.78 is 1.82. The summed E-state index contributed by atoms with van der Waals surface area (Å²) in [6.07, 6.45) is 5.32. The molecule has 0 unspecified atom stereocenters. The van der Waals surface area contributed by atoms with Gasteiger partial charge >= 0.3 is 0 Å². The third-order valence-corrected chi connectivity index (χ3v) is 4.05. The van der Waals surface area contributed by atoms with Crippen LogP contribution in [0.5, 0.6) is 0 Å². The van der Waals surface area contributed by atoms with Gasteiger partial charge in [-0.3, -0.25) is 9.48 Å². The Morgan fingerprint density at radius 1 is 1.30 bits per heavy atom. The first kappa shape index (κ1) is 17.3. The highest BCUT2D eigenvalue weighted by Crippen LogP contribution is 2.32. The van der Waals surface area contributed by atoms with Gasteiger partial charge in [-0.1, -0.05) is 6.07 Å². The van der Waals surface area contributed by atoms with Gasteiger partial charge in [-0.05, 0) is 51.3 Å². The Morgan fingerprint density at radius 3 is 2.70 bits per heavy atom. The third-order valence-electron chi connectivity index (χ3n) is 4.05. The summed E-state index contributed by atoms with van der Waals surface area (Å²) in [4.78, 5) is 14.7. The minimum absolute atomic E-state index is 0. The van der Waals surface area contributed by atoms with Crippen LogP contribution in [0.25, 0.3) is 0 Å². The van der Waals surface area contributed by atoms with Gasteiger partial charge in [0.2, 0.25) is 0 Å². The Labute approximate surface area is 142 Å². The van der Waals surface area contributed by atoms with Crippen LogP contribution >= 0.6 is 12.4 Å². The fourth-order valence-electron chi connectivity index (χ4n) is 2.82. The van der Waals surface area contributed by atoms with Crippen LogP contribution in [0.2, 0.25) is 0 Å². The number of nitrogens with two attached hydrogens (primary N) is 1. The highest BCUT2D eigenvalue weighted by molar-refractivity contribution is 6.06. The van der Waals surface area contributed by atoms with Crippen LogP contribution in [0, 0.1) is 0 Å². The summed E-state index contributed by atoms with van der Waals surface area (Å²) in [5, 5.41) is 4.32. The topological polar surface area (TPSA) is 64.2 Å². The molecule has 1 amide bonds. The molecule has 5 nitrogen and oxygen atoms in total. The van der Waals surface area contributed by atoms with Crippen LogP contribution in [-0.2, 0) is 12.0 Å². The average Bonchev–Trinajstić information content (AvgIpc) is 2.96. The molecule has 3 rings (SSSR count). The highest BCUT2D eigenvalue weighted by Gasteiger charge is 2.26. The molecule has 0 bridgehead atoms. The summed E-state index contributed by atoms with van der Waals surface area (Å²) in [6, 6.07) is 5.76. The maximum absolute atomic E-state index is 12.8. The van der Waals surface area contributed by atoms with Gasteiger partial charge in [-0.2, -0.15) is 5.10 Å². The normalized spacial score (nSPS) is 14.1. The minimum Gasteiger partial charge on any atom is -0.398 e. The molecule has 0 spiro atoms.